The van der Waals surface area contributed by atoms with Gasteiger partial charge in [0.05, 0.1) is 12.9 Å². The van der Waals surface area contributed by atoms with E-state index in [-0.39, 0.29) is 11.5 Å². The van der Waals surface area contributed by atoms with E-state index in [1.165, 1.54) is 24.4 Å². The van der Waals surface area contributed by atoms with E-state index in [1.54, 1.807) is 0 Å². The first-order chi connectivity index (χ1) is 8.40. The van der Waals surface area contributed by atoms with Gasteiger partial charge in [-0.3, -0.25) is 4.79 Å². The minimum absolute atomic E-state index is 0.106. The predicted molar refractivity (Wildman–Crippen MR) is 75.8 cm³/mol. The fraction of sp³-hybridized carbons (Fsp3) is 0.500. The lowest BCUT2D eigenvalue weighted by molar-refractivity contribution is -0.137. The van der Waals surface area contributed by atoms with Crippen LogP contribution in [0.2, 0.25) is 0 Å². The Morgan fingerprint density at radius 3 is 2.72 bits per heavy atom. The zero-order valence-corrected chi connectivity index (χ0v) is 12.3. The molecule has 3 nitrogen and oxygen atoms in total. The Bertz CT molecular complexity index is 399. The van der Waals surface area contributed by atoms with E-state index in [9.17, 15) is 4.79 Å². The van der Waals surface area contributed by atoms with Gasteiger partial charge in [0, 0.05) is 17.0 Å². The minimum Gasteiger partial charge on any atom is -0.468 e. The van der Waals surface area contributed by atoms with E-state index >= 15 is 0 Å². The number of benzene rings is 1. The van der Waals surface area contributed by atoms with Crippen LogP contribution >= 0.6 is 11.8 Å². The summed E-state index contributed by atoms with van der Waals surface area (Å²) in [5.74, 6) is 0.158. The fourth-order valence-electron chi connectivity index (χ4n) is 1.31. The first kappa shape index (κ1) is 15.1. The molecule has 0 bridgehead atoms. The number of hydrogen-bond acceptors (Lipinski definition) is 4. The summed E-state index contributed by atoms with van der Waals surface area (Å²) in [4.78, 5) is 12.2. The van der Waals surface area contributed by atoms with Crippen molar-refractivity contribution in [1.82, 2.24) is 5.32 Å². The predicted octanol–water partition coefficient (Wildman–Crippen LogP) is 2.84. The van der Waals surface area contributed by atoms with Crippen LogP contribution in [0.4, 0.5) is 0 Å². The van der Waals surface area contributed by atoms with E-state index in [1.807, 2.05) is 12.1 Å². The van der Waals surface area contributed by atoms with Crippen molar-refractivity contribution in [3.8, 4) is 0 Å². The molecule has 18 heavy (non-hydrogen) atoms. The summed E-state index contributed by atoms with van der Waals surface area (Å²) in [5.41, 5.74) is 1.33. The zero-order valence-electron chi connectivity index (χ0n) is 11.4. The van der Waals surface area contributed by atoms with Crippen LogP contribution in [0.5, 0.6) is 0 Å². The minimum atomic E-state index is -0.196. The highest BCUT2D eigenvalue weighted by atomic mass is 32.2. The maximum Gasteiger partial charge on any atom is 0.315 e. The van der Waals surface area contributed by atoms with Gasteiger partial charge in [-0.15, -0.1) is 11.8 Å². The second kappa shape index (κ2) is 6.81. The third kappa shape index (κ3) is 6.07. The van der Waals surface area contributed by atoms with Crippen molar-refractivity contribution >= 4 is 17.7 Å². The standard InChI is InChI=1S/C14H21NO2S/c1-14(2,3)15-9-11-6-5-7-12(8-11)18-10-13(16)17-4/h5-8,15H,9-10H2,1-4H3. The second-order valence-electron chi connectivity index (χ2n) is 5.12. The van der Waals surface area contributed by atoms with Gasteiger partial charge in [0.15, 0.2) is 0 Å². The quantitative estimate of drug-likeness (QED) is 0.657. The number of esters is 1. The number of carbonyl (C=O) groups is 1. The van der Waals surface area contributed by atoms with E-state index in [0.29, 0.717) is 5.75 Å². The van der Waals surface area contributed by atoms with Crippen LogP contribution in [-0.4, -0.2) is 24.4 Å². The molecule has 0 aliphatic carbocycles. The Balaban J connectivity index is 2.54. The zero-order chi connectivity index (χ0) is 13.6. The number of ether oxygens (including phenoxy) is 1. The lowest BCUT2D eigenvalue weighted by atomic mass is 10.1. The molecule has 0 aliphatic heterocycles. The van der Waals surface area contributed by atoms with Gasteiger partial charge in [-0.2, -0.15) is 0 Å². The Labute approximate surface area is 113 Å². The number of nitrogens with one attached hydrogen (secondary N) is 1. The lowest BCUT2D eigenvalue weighted by Gasteiger charge is -2.20. The number of rotatable bonds is 5. The third-order valence-electron chi connectivity index (χ3n) is 2.31. The Morgan fingerprint density at radius 1 is 1.39 bits per heavy atom. The fourth-order valence-corrected chi connectivity index (χ4v) is 2.13. The molecule has 0 atom stereocenters. The summed E-state index contributed by atoms with van der Waals surface area (Å²) in [5, 5.41) is 3.44. The molecule has 0 unspecified atom stereocenters. The van der Waals surface area contributed by atoms with E-state index in [0.717, 1.165) is 11.4 Å². The van der Waals surface area contributed by atoms with Crippen molar-refractivity contribution in [2.75, 3.05) is 12.9 Å². The second-order valence-corrected chi connectivity index (χ2v) is 6.16. The molecule has 1 aromatic rings. The van der Waals surface area contributed by atoms with Gasteiger partial charge in [0.25, 0.3) is 0 Å². The molecule has 0 spiro atoms. The highest BCUT2D eigenvalue weighted by molar-refractivity contribution is 8.00. The summed E-state index contributed by atoms with van der Waals surface area (Å²) in [7, 11) is 1.41. The van der Waals surface area contributed by atoms with E-state index < -0.39 is 0 Å². The normalized spacial score (nSPS) is 11.3. The van der Waals surface area contributed by atoms with Gasteiger partial charge in [0.1, 0.15) is 0 Å². The number of thioether (sulfide) groups is 1. The molecule has 4 heteroatoms. The first-order valence-electron chi connectivity index (χ1n) is 5.94. The SMILES string of the molecule is COC(=O)CSc1cccc(CNC(C)(C)C)c1. The van der Waals surface area contributed by atoms with Crippen molar-refractivity contribution in [2.45, 2.75) is 37.8 Å². The van der Waals surface area contributed by atoms with Crippen LogP contribution in [0.15, 0.2) is 29.2 Å². The summed E-state index contributed by atoms with van der Waals surface area (Å²) in [6.07, 6.45) is 0. The van der Waals surface area contributed by atoms with Gasteiger partial charge in [-0.1, -0.05) is 12.1 Å². The topological polar surface area (TPSA) is 38.3 Å². The summed E-state index contributed by atoms with van der Waals surface area (Å²) in [6.45, 7) is 7.25. The molecule has 0 saturated heterocycles. The number of hydrogen-bond donors (Lipinski definition) is 1. The highest BCUT2D eigenvalue weighted by Gasteiger charge is 2.08. The molecule has 0 heterocycles. The monoisotopic (exact) mass is 267 g/mol. The molecule has 0 radical (unpaired) electrons. The van der Waals surface area contributed by atoms with Crippen molar-refractivity contribution in [3.05, 3.63) is 29.8 Å². The molecule has 0 amide bonds. The Hall–Kier alpha value is -1.00. The van der Waals surface area contributed by atoms with Crippen molar-refractivity contribution in [1.29, 1.82) is 0 Å². The molecule has 1 rings (SSSR count). The maximum absolute atomic E-state index is 11.1. The lowest BCUT2D eigenvalue weighted by Crippen LogP contribution is -2.35. The van der Waals surface area contributed by atoms with Gasteiger partial charge in [0.2, 0.25) is 0 Å². The van der Waals surface area contributed by atoms with Crippen molar-refractivity contribution in [3.63, 3.8) is 0 Å². The van der Waals surface area contributed by atoms with Crippen LogP contribution in [-0.2, 0) is 16.1 Å². The average Bonchev–Trinajstić information content (AvgIpc) is 2.33. The molecule has 1 aromatic carbocycles. The molecule has 100 valence electrons. The molecule has 0 aromatic heterocycles. The molecule has 1 N–H and O–H groups in total. The summed E-state index contributed by atoms with van der Waals surface area (Å²) < 4.78 is 4.62. The van der Waals surface area contributed by atoms with Gasteiger partial charge >= 0.3 is 5.97 Å². The summed E-state index contributed by atoms with van der Waals surface area (Å²) in [6, 6.07) is 8.21. The molecule has 0 aliphatic rings. The van der Waals surface area contributed by atoms with Crippen LogP contribution < -0.4 is 5.32 Å². The Morgan fingerprint density at radius 2 is 2.11 bits per heavy atom. The van der Waals surface area contributed by atoms with Gasteiger partial charge < -0.3 is 10.1 Å². The highest BCUT2D eigenvalue weighted by Crippen LogP contribution is 2.19. The van der Waals surface area contributed by atoms with Crippen LogP contribution in [0.1, 0.15) is 26.3 Å². The van der Waals surface area contributed by atoms with Crippen molar-refractivity contribution in [2.24, 2.45) is 0 Å². The first-order valence-corrected chi connectivity index (χ1v) is 6.93. The van der Waals surface area contributed by atoms with E-state index in [4.69, 9.17) is 0 Å². The summed E-state index contributed by atoms with van der Waals surface area (Å²) >= 11 is 1.50. The Kier molecular flexibility index (Phi) is 5.69. The molecular formula is C14H21NO2S. The number of methoxy groups -OCH3 is 1. The third-order valence-corrected chi connectivity index (χ3v) is 3.27. The smallest absolute Gasteiger partial charge is 0.315 e. The molecule has 0 saturated carbocycles. The number of carbonyl (C=O) groups excluding carboxylic acids is 1. The largest absolute Gasteiger partial charge is 0.468 e. The van der Waals surface area contributed by atoms with E-state index in [2.05, 4.69) is 43.0 Å². The average molecular weight is 267 g/mol. The maximum atomic E-state index is 11.1. The van der Waals surface area contributed by atoms with Crippen LogP contribution in [0.3, 0.4) is 0 Å². The van der Waals surface area contributed by atoms with Crippen LogP contribution in [0.25, 0.3) is 0 Å². The van der Waals surface area contributed by atoms with Crippen LogP contribution in [0, 0.1) is 0 Å². The van der Waals surface area contributed by atoms with Gasteiger partial charge in [-0.05, 0) is 38.5 Å². The van der Waals surface area contributed by atoms with Crippen molar-refractivity contribution < 1.29 is 9.53 Å². The van der Waals surface area contributed by atoms with Gasteiger partial charge in [-0.25, -0.2) is 0 Å². The molecule has 0 fully saturated rings. The molecular weight excluding hydrogens is 246 g/mol.